The summed E-state index contributed by atoms with van der Waals surface area (Å²) in [5.74, 6) is -1.12. The number of morpholine rings is 1. The molecule has 1 aromatic rings. The van der Waals surface area contributed by atoms with Crippen LogP contribution < -0.4 is 0 Å². The van der Waals surface area contributed by atoms with E-state index in [-0.39, 0.29) is 46.7 Å². The summed E-state index contributed by atoms with van der Waals surface area (Å²) in [5, 5.41) is 0.0146. The van der Waals surface area contributed by atoms with Crippen LogP contribution in [0.5, 0.6) is 0 Å². The first kappa shape index (κ1) is 23.6. The second kappa shape index (κ2) is 9.88. The van der Waals surface area contributed by atoms with E-state index in [0.717, 1.165) is 0 Å². The number of hydrogen-bond acceptors (Lipinski definition) is 6. The van der Waals surface area contributed by atoms with E-state index < -0.39 is 22.6 Å². The number of halogens is 1. The zero-order valence-electron chi connectivity index (χ0n) is 17.1. The number of carbonyl (C=O) groups is 2. The molecule has 0 spiro atoms. The monoisotopic (exact) mass is 446 g/mol. The topological polar surface area (TPSA) is 93.2 Å². The Hall–Kier alpha value is -1.68. The van der Waals surface area contributed by atoms with Gasteiger partial charge in [-0.25, -0.2) is 13.2 Å². The lowest BCUT2D eigenvalue weighted by molar-refractivity contribution is -0.146. The smallest absolute Gasteiger partial charge is 0.338 e. The van der Waals surface area contributed by atoms with E-state index in [0.29, 0.717) is 13.1 Å². The Morgan fingerprint density at radius 3 is 2.34 bits per heavy atom. The van der Waals surface area contributed by atoms with Gasteiger partial charge in [-0.15, -0.1) is 0 Å². The highest BCUT2D eigenvalue weighted by Crippen LogP contribution is 2.26. The van der Waals surface area contributed by atoms with Crippen LogP contribution >= 0.6 is 11.6 Å². The van der Waals surface area contributed by atoms with Gasteiger partial charge in [0.1, 0.15) is 4.90 Å². The maximum absolute atomic E-state index is 12.7. The first-order valence-electron chi connectivity index (χ1n) is 9.50. The third kappa shape index (κ3) is 5.69. The third-order valence-corrected chi connectivity index (χ3v) is 7.12. The molecule has 1 saturated heterocycles. The lowest BCUT2D eigenvalue weighted by Crippen LogP contribution is -2.49. The predicted molar refractivity (Wildman–Crippen MR) is 108 cm³/mol. The number of ether oxygens (including phenoxy) is 2. The summed E-state index contributed by atoms with van der Waals surface area (Å²) in [7, 11) is -3.84. The second-order valence-corrected chi connectivity index (χ2v) is 9.18. The summed E-state index contributed by atoms with van der Waals surface area (Å²) in [5.41, 5.74) is 0.0108. The van der Waals surface area contributed by atoms with Gasteiger partial charge in [-0.05, 0) is 32.0 Å². The SMILES string of the molecule is CCN(CC)S(=O)(=O)c1cc(C(=O)OCC(=O)N2CC(C)OC(C)C2)ccc1Cl. The van der Waals surface area contributed by atoms with Crippen LogP contribution in [0.25, 0.3) is 0 Å². The average Bonchev–Trinajstić information content (AvgIpc) is 2.66. The molecule has 0 N–H and O–H groups in total. The van der Waals surface area contributed by atoms with Gasteiger partial charge in [-0.1, -0.05) is 25.4 Å². The number of nitrogens with zero attached hydrogens (tertiary/aromatic N) is 2. The minimum absolute atomic E-state index is 0.0108. The van der Waals surface area contributed by atoms with E-state index in [1.807, 2.05) is 13.8 Å². The molecule has 0 bridgehead atoms. The Kier molecular flexibility index (Phi) is 8.04. The van der Waals surface area contributed by atoms with Crippen LogP contribution in [0.1, 0.15) is 38.1 Å². The van der Waals surface area contributed by atoms with Crippen molar-refractivity contribution in [1.82, 2.24) is 9.21 Å². The van der Waals surface area contributed by atoms with Crippen molar-refractivity contribution in [1.29, 1.82) is 0 Å². The number of sulfonamides is 1. The lowest BCUT2D eigenvalue weighted by atomic mass is 10.2. The normalized spacial score (nSPS) is 20.0. The molecule has 1 amide bonds. The van der Waals surface area contributed by atoms with Crippen LogP contribution in [-0.4, -0.2) is 74.5 Å². The van der Waals surface area contributed by atoms with E-state index >= 15 is 0 Å². The lowest BCUT2D eigenvalue weighted by Gasteiger charge is -2.35. The number of rotatable bonds is 7. The first-order valence-corrected chi connectivity index (χ1v) is 11.3. The zero-order valence-corrected chi connectivity index (χ0v) is 18.6. The maximum atomic E-state index is 12.7. The van der Waals surface area contributed by atoms with Crippen LogP contribution in [0.2, 0.25) is 5.02 Å². The highest BCUT2D eigenvalue weighted by Gasteiger charge is 2.28. The van der Waals surface area contributed by atoms with Crippen molar-refractivity contribution in [3.8, 4) is 0 Å². The Morgan fingerprint density at radius 2 is 1.79 bits per heavy atom. The Bertz CT molecular complexity index is 846. The fourth-order valence-corrected chi connectivity index (χ4v) is 5.17. The number of amides is 1. The standard InChI is InChI=1S/C19H27ClN2O6S/c1-5-22(6-2)29(25,26)17-9-15(7-8-16(17)20)19(24)27-12-18(23)21-10-13(3)28-14(4)11-21/h7-9,13-14H,5-6,10-12H2,1-4H3. The minimum Gasteiger partial charge on any atom is -0.452 e. The van der Waals surface area contributed by atoms with Crippen molar-refractivity contribution < 1.29 is 27.5 Å². The van der Waals surface area contributed by atoms with E-state index in [4.69, 9.17) is 21.1 Å². The molecule has 10 heteroatoms. The number of carbonyl (C=O) groups excluding carboxylic acids is 2. The van der Waals surface area contributed by atoms with Gasteiger partial charge in [-0.2, -0.15) is 4.31 Å². The first-order chi connectivity index (χ1) is 13.6. The largest absolute Gasteiger partial charge is 0.452 e. The van der Waals surface area contributed by atoms with Gasteiger partial charge in [0.25, 0.3) is 5.91 Å². The van der Waals surface area contributed by atoms with E-state index in [1.165, 1.54) is 22.5 Å². The molecule has 1 fully saturated rings. The molecule has 8 nitrogen and oxygen atoms in total. The maximum Gasteiger partial charge on any atom is 0.338 e. The van der Waals surface area contributed by atoms with Gasteiger partial charge < -0.3 is 14.4 Å². The summed E-state index contributed by atoms with van der Waals surface area (Å²) in [6.07, 6.45) is -0.190. The van der Waals surface area contributed by atoms with Gasteiger partial charge in [0, 0.05) is 26.2 Å². The van der Waals surface area contributed by atoms with Crippen LogP contribution in [0.4, 0.5) is 0 Å². The van der Waals surface area contributed by atoms with E-state index in [1.54, 1.807) is 18.7 Å². The minimum atomic E-state index is -3.84. The molecule has 0 aromatic heterocycles. The van der Waals surface area contributed by atoms with Crippen molar-refractivity contribution in [2.24, 2.45) is 0 Å². The van der Waals surface area contributed by atoms with Crippen molar-refractivity contribution in [3.05, 3.63) is 28.8 Å². The molecule has 1 aromatic carbocycles. The molecule has 1 aliphatic rings. The molecular formula is C19H27ClN2O6S. The number of esters is 1. The van der Waals surface area contributed by atoms with Crippen molar-refractivity contribution >= 4 is 33.5 Å². The molecule has 0 radical (unpaired) electrons. The van der Waals surface area contributed by atoms with E-state index in [2.05, 4.69) is 0 Å². The van der Waals surface area contributed by atoms with Crippen LogP contribution in [-0.2, 0) is 24.3 Å². The Morgan fingerprint density at radius 1 is 1.21 bits per heavy atom. The summed E-state index contributed by atoms with van der Waals surface area (Å²) in [6.45, 7) is 8.13. The van der Waals surface area contributed by atoms with Gasteiger partial charge in [0.15, 0.2) is 6.61 Å². The van der Waals surface area contributed by atoms with Crippen LogP contribution in [0.3, 0.4) is 0 Å². The second-order valence-electron chi connectivity index (χ2n) is 6.87. The fourth-order valence-electron chi connectivity index (χ4n) is 3.21. The van der Waals surface area contributed by atoms with Crippen LogP contribution in [0.15, 0.2) is 23.1 Å². The molecular weight excluding hydrogens is 420 g/mol. The highest BCUT2D eigenvalue weighted by molar-refractivity contribution is 7.89. The molecule has 2 unspecified atom stereocenters. The average molecular weight is 447 g/mol. The molecule has 2 rings (SSSR count). The molecule has 0 saturated carbocycles. The van der Waals surface area contributed by atoms with Crippen molar-refractivity contribution in [2.45, 2.75) is 44.8 Å². The molecule has 2 atom stereocenters. The molecule has 162 valence electrons. The number of hydrogen-bond donors (Lipinski definition) is 0. The summed E-state index contributed by atoms with van der Waals surface area (Å²) in [4.78, 5) is 26.2. The quantitative estimate of drug-likeness (QED) is 0.596. The van der Waals surface area contributed by atoms with Crippen molar-refractivity contribution in [3.63, 3.8) is 0 Å². The summed E-state index contributed by atoms with van der Waals surface area (Å²) >= 11 is 6.07. The third-order valence-electron chi connectivity index (χ3n) is 4.59. The van der Waals surface area contributed by atoms with Gasteiger partial charge in [-0.3, -0.25) is 4.79 Å². The Balaban J connectivity index is 2.11. The predicted octanol–water partition coefficient (Wildman–Crippen LogP) is 2.16. The Labute approximate surface area is 176 Å². The molecule has 1 aliphatic heterocycles. The fraction of sp³-hybridized carbons (Fsp3) is 0.579. The zero-order chi connectivity index (χ0) is 21.8. The highest BCUT2D eigenvalue weighted by atomic mass is 35.5. The summed E-state index contributed by atoms with van der Waals surface area (Å²) in [6, 6.07) is 3.89. The van der Waals surface area contributed by atoms with E-state index in [9.17, 15) is 18.0 Å². The molecule has 1 heterocycles. The number of benzene rings is 1. The van der Waals surface area contributed by atoms with Gasteiger partial charge in [0.05, 0.1) is 22.8 Å². The molecule has 0 aliphatic carbocycles. The van der Waals surface area contributed by atoms with Crippen LogP contribution in [0, 0.1) is 0 Å². The van der Waals surface area contributed by atoms with Crippen molar-refractivity contribution in [2.75, 3.05) is 32.8 Å². The molecule has 29 heavy (non-hydrogen) atoms. The van der Waals surface area contributed by atoms with Gasteiger partial charge in [0.2, 0.25) is 10.0 Å². The summed E-state index contributed by atoms with van der Waals surface area (Å²) < 4.78 is 37.4. The van der Waals surface area contributed by atoms with Gasteiger partial charge >= 0.3 is 5.97 Å².